The van der Waals surface area contributed by atoms with Crippen molar-refractivity contribution >= 4 is 0 Å². The number of rotatable bonds is 1. The lowest BCUT2D eigenvalue weighted by atomic mass is 9.87. The molecule has 0 N–H and O–H groups in total. The van der Waals surface area contributed by atoms with Gasteiger partial charge < -0.3 is 0 Å². The maximum Gasteiger partial charge on any atom is 0.454 e. The first-order valence-corrected chi connectivity index (χ1v) is 2.92. The first-order valence-electron chi connectivity index (χ1n) is 2.92. The van der Waals surface area contributed by atoms with Gasteiger partial charge in [0.05, 0.1) is 6.07 Å². The molecule has 0 saturated carbocycles. The van der Waals surface area contributed by atoms with Crippen molar-refractivity contribution in [2.24, 2.45) is 5.41 Å². The topological polar surface area (TPSA) is 23.8 Å². The summed E-state index contributed by atoms with van der Waals surface area (Å²) >= 11 is 0. The van der Waals surface area contributed by atoms with Crippen LogP contribution < -0.4 is 0 Å². The van der Waals surface area contributed by atoms with Crippen LogP contribution in [0.3, 0.4) is 0 Å². The van der Waals surface area contributed by atoms with Crippen molar-refractivity contribution in [2.75, 3.05) is 0 Å². The first kappa shape index (κ1) is 11.1. The van der Waals surface area contributed by atoms with Crippen LogP contribution in [-0.2, 0) is 0 Å². The minimum Gasteiger partial charge on any atom is -0.197 e. The van der Waals surface area contributed by atoms with E-state index < -0.39 is 17.5 Å². The summed E-state index contributed by atoms with van der Waals surface area (Å²) < 4.78 is 59.6. The number of nitrogens with zero attached hydrogens (tertiary/aromatic N) is 1. The van der Waals surface area contributed by atoms with Gasteiger partial charge in [-0.25, -0.2) is 0 Å². The normalized spacial score (nSPS) is 14.2. The third kappa shape index (κ3) is 1.49. The van der Waals surface area contributed by atoms with Crippen LogP contribution in [0.25, 0.3) is 0 Å². The van der Waals surface area contributed by atoms with Crippen LogP contribution >= 0.6 is 0 Å². The molecule has 0 aromatic heterocycles. The van der Waals surface area contributed by atoms with E-state index in [1.807, 2.05) is 0 Å². The fourth-order valence-corrected chi connectivity index (χ4v) is 0.425. The van der Waals surface area contributed by atoms with E-state index in [1.165, 1.54) is 0 Å². The second kappa shape index (κ2) is 2.57. The van der Waals surface area contributed by atoms with Gasteiger partial charge in [0.15, 0.2) is 0 Å². The zero-order chi connectivity index (χ0) is 10.2. The van der Waals surface area contributed by atoms with Crippen LogP contribution in [0.4, 0.5) is 22.0 Å². The van der Waals surface area contributed by atoms with Crippen molar-refractivity contribution in [3.8, 4) is 6.07 Å². The molecule has 0 heterocycles. The molecule has 0 amide bonds. The van der Waals surface area contributed by atoms with Gasteiger partial charge in [-0.05, 0) is 13.8 Å². The summed E-state index contributed by atoms with van der Waals surface area (Å²) in [5.41, 5.74) is -2.73. The Bertz CT molecular complexity index is 209. The summed E-state index contributed by atoms with van der Waals surface area (Å²) in [5, 5.41) is 8.06. The van der Waals surface area contributed by atoms with Gasteiger partial charge in [-0.15, -0.1) is 0 Å². The minimum absolute atomic E-state index is 0.542. The molecule has 6 heteroatoms. The van der Waals surface area contributed by atoms with Crippen LogP contribution in [0, 0.1) is 16.7 Å². The Kier molecular flexibility index (Phi) is 2.39. The summed E-state index contributed by atoms with van der Waals surface area (Å²) in [6.07, 6.45) is -5.67. The van der Waals surface area contributed by atoms with Gasteiger partial charge in [0.25, 0.3) is 0 Å². The monoisotopic (exact) mass is 187 g/mol. The smallest absolute Gasteiger partial charge is 0.197 e. The van der Waals surface area contributed by atoms with E-state index in [0.29, 0.717) is 13.8 Å². The van der Waals surface area contributed by atoms with Gasteiger partial charge >= 0.3 is 12.1 Å². The molecular formula is C6H6F5N. The van der Waals surface area contributed by atoms with Gasteiger partial charge in [0.2, 0.25) is 0 Å². The standard InChI is InChI=1S/C6H6F5N/c1-4(2,3-12)5(7,8)6(9,10)11/h1-2H3. The summed E-state index contributed by atoms with van der Waals surface area (Å²) in [6.45, 7) is 1.08. The van der Waals surface area contributed by atoms with Crippen LogP contribution in [0.15, 0.2) is 0 Å². The van der Waals surface area contributed by atoms with E-state index >= 15 is 0 Å². The highest BCUT2D eigenvalue weighted by Crippen LogP contribution is 2.47. The molecule has 0 aromatic rings. The first-order chi connectivity index (χ1) is 5.06. The Hall–Kier alpha value is -0.860. The molecule has 70 valence electrons. The quantitative estimate of drug-likeness (QED) is 0.579. The van der Waals surface area contributed by atoms with Gasteiger partial charge in [-0.3, -0.25) is 0 Å². The summed E-state index contributed by atoms with van der Waals surface area (Å²) in [7, 11) is 0. The zero-order valence-corrected chi connectivity index (χ0v) is 6.34. The van der Waals surface area contributed by atoms with E-state index in [1.54, 1.807) is 0 Å². The minimum atomic E-state index is -5.67. The Morgan fingerprint density at radius 3 is 1.42 bits per heavy atom. The molecule has 0 aromatic carbocycles. The van der Waals surface area contributed by atoms with Crippen molar-refractivity contribution in [3.05, 3.63) is 0 Å². The van der Waals surface area contributed by atoms with Gasteiger partial charge in [-0.1, -0.05) is 0 Å². The Morgan fingerprint density at radius 1 is 1.00 bits per heavy atom. The molecular weight excluding hydrogens is 181 g/mol. The molecule has 1 nitrogen and oxygen atoms in total. The van der Waals surface area contributed by atoms with Crippen LogP contribution in [-0.4, -0.2) is 12.1 Å². The Balaban J connectivity index is 5.02. The van der Waals surface area contributed by atoms with Crippen molar-refractivity contribution < 1.29 is 22.0 Å². The predicted octanol–water partition coefficient (Wildman–Crippen LogP) is 2.73. The summed E-state index contributed by atoms with van der Waals surface area (Å²) in [5.74, 6) is -4.98. The van der Waals surface area contributed by atoms with Gasteiger partial charge in [-0.2, -0.15) is 27.2 Å². The van der Waals surface area contributed by atoms with Crippen molar-refractivity contribution in [1.29, 1.82) is 5.26 Å². The maximum absolute atomic E-state index is 12.4. The lowest BCUT2D eigenvalue weighted by Crippen LogP contribution is -2.48. The number of alkyl halides is 5. The molecule has 0 radical (unpaired) electrons. The van der Waals surface area contributed by atoms with Crippen molar-refractivity contribution in [3.63, 3.8) is 0 Å². The number of halogens is 5. The van der Waals surface area contributed by atoms with Gasteiger partial charge in [0.1, 0.15) is 5.41 Å². The summed E-state index contributed by atoms with van der Waals surface area (Å²) in [4.78, 5) is 0. The van der Waals surface area contributed by atoms with Gasteiger partial charge in [0, 0.05) is 0 Å². The highest BCUT2D eigenvalue weighted by molar-refractivity contribution is 5.04. The highest BCUT2D eigenvalue weighted by atomic mass is 19.4. The average Bonchev–Trinajstić information content (AvgIpc) is 1.85. The second-order valence-electron chi connectivity index (χ2n) is 2.81. The molecule has 0 aliphatic heterocycles. The second-order valence-corrected chi connectivity index (χ2v) is 2.81. The lowest BCUT2D eigenvalue weighted by molar-refractivity contribution is -0.311. The Labute approximate surface area is 65.8 Å². The fraction of sp³-hybridized carbons (Fsp3) is 0.833. The molecule has 0 atom stereocenters. The van der Waals surface area contributed by atoms with Crippen LogP contribution in [0.1, 0.15) is 13.8 Å². The molecule has 0 aliphatic carbocycles. The number of hydrogen-bond acceptors (Lipinski definition) is 1. The SMILES string of the molecule is CC(C)(C#N)C(F)(F)C(F)(F)F. The predicted molar refractivity (Wildman–Crippen MR) is 30.4 cm³/mol. The maximum atomic E-state index is 12.4. The molecule has 0 spiro atoms. The Morgan fingerprint density at radius 2 is 1.33 bits per heavy atom. The molecule has 12 heavy (non-hydrogen) atoms. The van der Waals surface area contributed by atoms with E-state index in [2.05, 4.69) is 0 Å². The van der Waals surface area contributed by atoms with E-state index in [9.17, 15) is 22.0 Å². The third-order valence-corrected chi connectivity index (χ3v) is 1.42. The molecule has 0 rings (SSSR count). The molecule has 0 unspecified atom stereocenters. The van der Waals surface area contributed by atoms with Crippen molar-refractivity contribution in [1.82, 2.24) is 0 Å². The van der Waals surface area contributed by atoms with E-state index in [4.69, 9.17) is 5.26 Å². The molecule has 0 aliphatic rings. The number of nitriles is 1. The third-order valence-electron chi connectivity index (χ3n) is 1.42. The van der Waals surface area contributed by atoms with E-state index in [0.717, 1.165) is 6.07 Å². The summed E-state index contributed by atoms with van der Waals surface area (Å²) in [6, 6.07) is 0.918. The zero-order valence-electron chi connectivity index (χ0n) is 6.34. The molecule has 0 saturated heterocycles. The van der Waals surface area contributed by atoms with E-state index in [-0.39, 0.29) is 0 Å². The van der Waals surface area contributed by atoms with Crippen molar-refractivity contribution in [2.45, 2.75) is 25.9 Å². The lowest BCUT2D eigenvalue weighted by Gasteiger charge is -2.29. The molecule has 0 fully saturated rings. The largest absolute Gasteiger partial charge is 0.454 e. The fourth-order valence-electron chi connectivity index (χ4n) is 0.425. The molecule has 0 bridgehead atoms. The highest BCUT2D eigenvalue weighted by Gasteiger charge is 2.66. The average molecular weight is 187 g/mol. The van der Waals surface area contributed by atoms with Crippen LogP contribution in [0.2, 0.25) is 0 Å². The van der Waals surface area contributed by atoms with Crippen LogP contribution in [0.5, 0.6) is 0 Å². The number of hydrogen-bond donors (Lipinski definition) is 0.